The third-order valence-corrected chi connectivity index (χ3v) is 3.38. The van der Waals surface area contributed by atoms with Crippen molar-refractivity contribution in [2.45, 2.75) is 37.0 Å². The van der Waals surface area contributed by atoms with Gasteiger partial charge >= 0.3 is 5.97 Å². The molecule has 0 atom stereocenters. The average molecular weight is 293 g/mol. The monoisotopic (exact) mass is 293 g/mol. The van der Waals surface area contributed by atoms with Crippen molar-refractivity contribution < 1.29 is 14.4 Å². The van der Waals surface area contributed by atoms with Gasteiger partial charge in [-0.2, -0.15) is 4.98 Å². The topological polar surface area (TPSA) is 89.1 Å². The van der Waals surface area contributed by atoms with Crippen molar-refractivity contribution in [2.75, 3.05) is 0 Å². The van der Waals surface area contributed by atoms with E-state index in [0.29, 0.717) is 17.5 Å². The van der Waals surface area contributed by atoms with E-state index in [0.717, 1.165) is 5.03 Å². The Bertz CT molecular complexity index is 602. The van der Waals surface area contributed by atoms with Crippen LogP contribution in [0.25, 0.3) is 0 Å². The number of hydrogen-bond acceptors (Lipinski definition) is 6. The number of pyridine rings is 1. The first-order valence-corrected chi connectivity index (χ1v) is 7.00. The Hall–Kier alpha value is -1.89. The molecule has 0 aliphatic heterocycles. The number of rotatable bonds is 4. The van der Waals surface area contributed by atoms with Gasteiger partial charge in [-0.25, -0.2) is 9.78 Å². The Morgan fingerprint density at radius 3 is 2.65 bits per heavy atom. The summed E-state index contributed by atoms with van der Waals surface area (Å²) in [4.78, 5) is 19.1. The van der Waals surface area contributed by atoms with E-state index in [2.05, 4.69) is 15.1 Å². The first-order chi connectivity index (χ1) is 9.36. The lowest BCUT2D eigenvalue weighted by molar-refractivity contribution is 0.0696. The summed E-state index contributed by atoms with van der Waals surface area (Å²) in [7, 11) is 0. The molecule has 0 fully saturated rings. The van der Waals surface area contributed by atoms with Crippen LogP contribution in [0.2, 0.25) is 0 Å². The number of carbonyl (C=O) groups is 1. The van der Waals surface area contributed by atoms with Gasteiger partial charge in [0.2, 0.25) is 5.89 Å². The third kappa shape index (κ3) is 3.57. The Kier molecular flexibility index (Phi) is 4.08. The van der Waals surface area contributed by atoms with Gasteiger partial charge in [-0.15, -0.1) is 0 Å². The number of nitrogens with zero attached hydrogens (tertiary/aromatic N) is 3. The molecule has 0 bridgehead atoms. The molecule has 106 valence electrons. The summed E-state index contributed by atoms with van der Waals surface area (Å²) in [6, 6.07) is 3.19. The number of aromatic carboxylic acids is 1. The van der Waals surface area contributed by atoms with Crippen LogP contribution in [0.4, 0.5) is 0 Å². The normalized spacial score (nSPS) is 11.6. The van der Waals surface area contributed by atoms with Crippen LogP contribution in [0.3, 0.4) is 0 Å². The predicted molar refractivity (Wildman–Crippen MR) is 73.8 cm³/mol. The summed E-state index contributed by atoms with van der Waals surface area (Å²) >= 11 is 1.43. The molecule has 20 heavy (non-hydrogen) atoms. The molecule has 2 aromatic heterocycles. The largest absolute Gasteiger partial charge is 0.478 e. The van der Waals surface area contributed by atoms with Gasteiger partial charge in [0.15, 0.2) is 5.82 Å². The SMILES string of the molecule is CC(C)(C)c1nc(CSc2ccc(C(=O)O)cn2)no1. The third-order valence-electron chi connectivity index (χ3n) is 2.44. The molecule has 0 aliphatic rings. The van der Waals surface area contributed by atoms with Crippen LogP contribution >= 0.6 is 11.8 Å². The fourth-order valence-corrected chi connectivity index (χ4v) is 2.03. The molecule has 7 heteroatoms. The Morgan fingerprint density at radius 2 is 2.15 bits per heavy atom. The second-order valence-corrected chi connectivity index (χ2v) is 6.24. The second kappa shape index (κ2) is 5.62. The second-order valence-electron chi connectivity index (χ2n) is 5.24. The molecule has 0 saturated carbocycles. The number of aromatic nitrogens is 3. The van der Waals surface area contributed by atoms with E-state index in [1.165, 1.54) is 24.0 Å². The van der Waals surface area contributed by atoms with Crippen molar-refractivity contribution >= 4 is 17.7 Å². The lowest BCUT2D eigenvalue weighted by Crippen LogP contribution is -2.11. The van der Waals surface area contributed by atoms with Crippen molar-refractivity contribution in [3.8, 4) is 0 Å². The zero-order valence-electron chi connectivity index (χ0n) is 11.5. The summed E-state index contributed by atoms with van der Waals surface area (Å²) in [5, 5.41) is 13.4. The van der Waals surface area contributed by atoms with Crippen LogP contribution in [-0.4, -0.2) is 26.2 Å². The molecule has 2 rings (SSSR count). The molecule has 0 unspecified atom stereocenters. The van der Waals surface area contributed by atoms with Crippen molar-refractivity contribution in [1.82, 2.24) is 15.1 Å². The number of hydrogen-bond donors (Lipinski definition) is 1. The fourth-order valence-electron chi connectivity index (χ4n) is 1.35. The smallest absolute Gasteiger partial charge is 0.337 e. The average Bonchev–Trinajstić information content (AvgIpc) is 2.85. The van der Waals surface area contributed by atoms with E-state index in [9.17, 15) is 4.79 Å². The molecule has 2 heterocycles. The van der Waals surface area contributed by atoms with E-state index in [4.69, 9.17) is 9.63 Å². The predicted octanol–water partition coefficient (Wildman–Crippen LogP) is 2.75. The van der Waals surface area contributed by atoms with Crippen LogP contribution < -0.4 is 0 Å². The maximum absolute atomic E-state index is 10.7. The van der Waals surface area contributed by atoms with Crippen LogP contribution in [-0.2, 0) is 11.2 Å². The Morgan fingerprint density at radius 1 is 1.40 bits per heavy atom. The van der Waals surface area contributed by atoms with E-state index in [1.807, 2.05) is 20.8 Å². The highest BCUT2D eigenvalue weighted by Gasteiger charge is 2.21. The lowest BCUT2D eigenvalue weighted by Gasteiger charge is -2.10. The summed E-state index contributed by atoms with van der Waals surface area (Å²) in [6.07, 6.45) is 1.33. The zero-order valence-corrected chi connectivity index (χ0v) is 12.3. The van der Waals surface area contributed by atoms with E-state index < -0.39 is 5.97 Å². The Labute approximate surface area is 120 Å². The molecule has 0 aromatic carbocycles. The summed E-state index contributed by atoms with van der Waals surface area (Å²) in [5.41, 5.74) is 0.000963. The van der Waals surface area contributed by atoms with E-state index >= 15 is 0 Å². The van der Waals surface area contributed by atoms with Crippen LogP contribution in [0.15, 0.2) is 27.9 Å². The highest BCUT2D eigenvalue weighted by molar-refractivity contribution is 7.98. The number of carboxylic acids is 1. The molecular weight excluding hydrogens is 278 g/mol. The van der Waals surface area contributed by atoms with Crippen molar-refractivity contribution in [2.24, 2.45) is 0 Å². The van der Waals surface area contributed by atoms with Gasteiger partial charge in [0, 0.05) is 11.6 Å². The first-order valence-electron chi connectivity index (χ1n) is 6.01. The molecule has 0 radical (unpaired) electrons. The van der Waals surface area contributed by atoms with Gasteiger partial charge in [-0.05, 0) is 12.1 Å². The molecule has 0 spiro atoms. The van der Waals surface area contributed by atoms with Crippen LogP contribution in [0, 0.1) is 0 Å². The molecule has 1 N–H and O–H groups in total. The molecule has 0 saturated heterocycles. The maximum Gasteiger partial charge on any atom is 0.337 e. The minimum absolute atomic E-state index is 0.169. The number of carboxylic acid groups (broad SMARTS) is 1. The number of thioether (sulfide) groups is 1. The van der Waals surface area contributed by atoms with Crippen molar-refractivity contribution in [3.63, 3.8) is 0 Å². The quantitative estimate of drug-likeness (QED) is 0.867. The minimum Gasteiger partial charge on any atom is -0.478 e. The summed E-state index contributed by atoms with van der Waals surface area (Å²) in [6.45, 7) is 6.01. The zero-order chi connectivity index (χ0) is 14.8. The summed E-state index contributed by atoms with van der Waals surface area (Å²) in [5.74, 6) is 0.743. The fraction of sp³-hybridized carbons (Fsp3) is 0.385. The minimum atomic E-state index is -0.984. The van der Waals surface area contributed by atoms with Gasteiger partial charge in [0.05, 0.1) is 16.3 Å². The summed E-state index contributed by atoms with van der Waals surface area (Å²) < 4.78 is 5.20. The maximum atomic E-state index is 10.7. The highest BCUT2D eigenvalue weighted by atomic mass is 32.2. The molecule has 2 aromatic rings. The van der Waals surface area contributed by atoms with E-state index in [1.54, 1.807) is 6.07 Å². The van der Waals surface area contributed by atoms with Gasteiger partial charge in [-0.1, -0.05) is 37.7 Å². The molecule has 0 amide bonds. The molecule has 6 nitrogen and oxygen atoms in total. The van der Waals surface area contributed by atoms with Gasteiger partial charge in [0.1, 0.15) is 0 Å². The van der Waals surface area contributed by atoms with E-state index in [-0.39, 0.29) is 11.0 Å². The molecular formula is C13H15N3O3S. The van der Waals surface area contributed by atoms with Gasteiger partial charge in [0.25, 0.3) is 0 Å². The first kappa shape index (κ1) is 14.5. The van der Waals surface area contributed by atoms with Crippen molar-refractivity contribution in [1.29, 1.82) is 0 Å². The van der Waals surface area contributed by atoms with Gasteiger partial charge < -0.3 is 9.63 Å². The highest BCUT2D eigenvalue weighted by Crippen LogP contribution is 2.23. The molecule has 0 aliphatic carbocycles. The Balaban J connectivity index is 1.98. The van der Waals surface area contributed by atoms with Crippen LogP contribution in [0.1, 0.15) is 42.8 Å². The standard InChI is InChI=1S/C13H15N3O3S/c1-13(2,3)12-15-9(16-19-12)7-20-10-5-4-8(6-14-10)11(17)18/h4-6H,7H2,1-3H3,(H,17,18). The lowest BCUT2D eigenvalue weighted by atomic mass is 9.97. The van der Waals surface area contributed by atoms with Crippen LogP contribution in [0.5, 0.6) is 0 Å². The van der Waals surface area contributed by atoms with Crippen molar-refractivity contribution in [3.05, 3.63) is 35.6 Å². The van der Waals surface area contributed by atoms with Gasteiger partial charge in [-0.3, -0.25) is 0 Å².